The minimum Gasteiger partial charge on any atom is -0.497 e. The van der Waals surface area contributed by atoms with Crippen LogP contribution in [0.15, 0.2) is 83.8 Å². The molecule has 0 aliphatic rings. The number of methoxy groups -OCH3 is 1. The lowest BCUT2D eigenvalue weighted by Gasteiger charge is -2.40. The number of pyridine rings is 1. The van der Waals surface area contributed by atoms with E-state index in [0.29, 0.717) is 34.7 Å². The molecule has 156 valence electrons. The quantitative estimate of drug-likeness (QED) is 0.300. The van der Waals surface area contributed by atoms with Crippen LogP contribution in [0.4, 0.5) is 19.4 Å². The largest absolute Gasteiger partial charge is 0.497 e. The number of benzene rings is 3. The summed E-state index contributed by atoms with van der Waals surface area (Å²) in [6.07, 6.45) is 0. The van der Waals surface area contributed by atoms with Gasteiger partial charge in [0, 0.05) is 10.9 Å². The molecule has 0 unspecified atom stereocenters. The Balaban J connectivity index is 2.03. The van der Waals surface area contributed by atoms with E-state index in [1.54, 1.807) is 30.3 Å². The molecule has 1 heterocycles. The van der Waals surface area contributed by atoms with Crippen molar-refractivity contribution in [3.8, 4) is 28.1 Å². The average molecular weight is 437 g/mol. The molecule has 2 nitrogen and oxygen atoms in total. The second kappa shape index (κ2) is 6.18. The average Bonchev–Trinajstić information content (AvgIpc) is 2.71. The van der Waals surface area contributed by atoms with Gasteiger partial charge >= 0.3 is 10.2 Å². The van der Waals surface area contributed by atoms with Crippen molar-refractivity contribution in [3.05, 3.63) is 78.9 Å². The van der Waals surface area contributed by atoms with E-state index >= 15 is 0 Å². The number of rotatable bonds is 4. The molecule has 0 aliphatic carbocycles. The van der Waals surface area contributed by atoms with Gasteiger partial charge in [-0.15, -0.1) is 0 Å². The van der Waals surface area contributed by atoms with Crippen LogP contribution in [0, 0.1) is 0 Å². The van der Waals surface area contributed by atoms with Crippen molar-refractivity contribution in [2.24, 2.45) is 0 Å². The molecular weight excluding hydrogens is 421 g/mol. The fourth-order valence-corrected chi connectivity index (χ4v) is 3.88. The monoisotopic (exact) mass is 437 g/mol. The summed E-state index contributed by atoms with van der Waals surface area (Å²) >= 11 is 0. The van der Waals surface area contributed by atoms with Crippen LogP contribution >= 0.6 is 10.2 Å². The molecule has 3 aromatic carbocycles. The van der Waals surface area contributed by atoms with Gasteiger partial charge in [0.2, 0.25) is 0 Å². The highest BCUT2D eigenvalue weighted by Gasteiger charge is 2.65. The van der Waals surface area contributed by atoms with Crippen LogP contribution in [0.3, 0.4) is 0 Å². The van der Waals surface area contributed by atoms with Gasteiger partial charge in [0.1, 0.15) is 10.6 Å². The third kappa shape index (κ3) is 3.95. The lowest BCUT2D eigenvalue weighted by atomic mass is 9.98. The highest BCUT2D eigenvalue weighted by molar-refractivity contribution is 8.45. The molecular formula is C22H16F5NOS. The molecule has 1 aromatic heterocycles. The zero-order chi connectivity index (χ0) is 21.6. The SMILES string of the molecule is COc1ccc(-c2cc(-c3ccccc3)nc3ccc(S(F)(F)(F)(F)F)cc23)cc1. The topological polar surface area (TPSA) is 22.1 Å². The molecule has 30 heavy (non-hydrogen) atoms. The summed E-state index contributed by atoms with van der Waals surface area (Å²) in [4.78, 5) is 2.47. The smallest absolute Gasteiger partial charge is 0.310 e. The van der Waals surface area contributed by atoms with Crippen LogP contribution in [0.1, 0.15) is 0 Å². The maximum atomic E-state index is 13.4. The molecule has 0 saturated carbocycles. The number of aromatic nitrogens is 1. The Hall–Kier alpha value is -3.13. The minimum atomic E-state index is -9.83. The van der Waals surface area contributed by atoms with Gasteiger partial charge in [0.05, 0.1) is 18.3 Å². The Morgan fingerprint density at radius 3 is 2.00 bits per heavy atom. The third-order valence-corrected chi connectivity index (χ3v) is 5.84. The van der Waals surface area contributed by atoms with E-state index in [2.05, 4.69) is 4.98 Å². The molecule has 0 aliphatic heterocycles. The summed E-state index contributed by atoms with van der Waals surface area (Å²) in [6, 6.07) is 19.2. The molecule has 4 aromatic rings. The molecule has 0 spiro atoms. The first-order chi connectivity index (χ1) is 13.9. The number of ether oxygens (including phenoxy) is 1. The van der Waals surface area contributed by atoms with E-state index in [4.69, 9.17) is 4.74 Å². The van der Waals surface area contributed by atoms with Crippen molar-refractivity contribution in [1.29, 1.82) is 0 Å². The van der Waals surface area contributed by atoms with E-state index in [1.807, 2.05) is 30.3 Å². The van der Waals surface area contributed by atoms with E-state index in [-0.39, 0.29) is 10.9 Å². The summed E-state index contributed by atoms with van der Waals surface area (Å²) in [6.45, 7) is 0. The van der Waals surface area contributed by atoms with Gasteiger partial charge < -0.3 is 4.74 Å². The predicted molar refractivity (Wildman–Crippen MR) is 111 cm³/mol. The molecule has 0 N–H and O–H groups in total. The summed E-state index contributed by atoms with van der Waals surface area (Å²) in [5.41, 5.74) is 2.39. The van der Waals surface area contributed by atoms with Crippen LogP contribution in [0.2, 0.25) is 0 Å². The summed E-state index contributed by atoms with van der Waals surface area (Å²) < 4.78 is 72.2. The van der Waals surface area contributed by atoms with Crippen molar-refractivity contribution in [2.45, 2.75) is 4.90 Å². The number of hydrogen-bond acceptors (Lipinski definition) is 2. The van der Waals surface area contributed by atoms with Gasteiger partial charge in [-0.3, -0.25) is 0 Å². The Morgan fingerprint density at radius 1 is 0.733 bits per heavy atom. The third-order valence-electron chi connectivity index (χ3n) is 4.70. The van der Waals surface area contributed by atoms with Crippen LogP contribution < -0.4 is 4.74 Å². The fourth-order valence-electron chi connectivity index (χ4n) is 3.21. The van der Waals surface area contributed by atoms with E-state index < -0.39 is 15.1 Å². The van der Waals surface area contributed by atoms with Crippen molar-refractivity contribution < 1.29 is 24.2 Å². The first-order valence-corrected chi connectivity index (χ1v) is 10.8. The summed E-state index contributed by atoms with van der Waals surface area (Å²) in [7, 11) is -8.34. The second-order valence-corrected chi connectivity index (χ2v) is 9.21. The number of nitrogens with zero attached hydrogens (tertiary/aromatic N) is 1. The van der Waals surface area contributed by atoms with Crippen molar-refractivity contribution >= 4 is 21.1 Å². The van der Waals surface area contributed by atoms with Gasteiger partial charge in [0.25, 0.3) is 0 Å². The maximum Gasteiger partial charge on any atom is 0.310 e. The Labute approximate surface area is 169 Å². The van der Waals surface area contributed by atoms with Crippen LogP contribution in [-0.4, -0.2) is 12.1 Å². The maximum absolute atomic E-state index is 13.4. The Kier molecular flexibility index (Phi) is 4.15. The van der Waals surface area contributed by atoms with Gasteiger partial charge in [-0.1, -0.05) is 61.9 Å². The van der Waals surface area contributed by atoms with Gasteiger partial charge in [0.15, 0.2) is 0 Å². The fraction of sp³-hybridized carbons (Fsp3) is 0.0455. The van der Waals surface area contributed by atoms with Crippen molar-refractivity contribution in [3.63, 3.8) is 0 Å². The molecule has 4 rings (SSSR count). The van der Waals surface area contributed by atoms with Gasteiger partial charge in [-0.05, 0) is 47.5 Å². The Morgan fingerprint density at radius 2 is 1.40 bits per heavy atom. The summed E-state index contributed by atoms with van der Waals surface area (Å²) in [5.74, 6) is 0.563. The first kappa shape index (κ1) is 20.2. The van der Waals surface area contributed by atoms with Gasteiger partial charge in [-0.25, -0.2) is 4.98 Å². The van der Waals surface area contributed by atoms with Crippen molar-refractivity contribution in [2.75, 3.05) is 7.11 Å². The summed E-state index contributed by atoms with van der Waals surface area (Å²) in [5, 5.41) is -0.00871. The van der Waals surface area contributed by atoms with E-state index in [0.717, 1.165) is 11.6 Å². The van der Waals surface area contributed by atoms with E-state index in [9.17, 15) is 19.4 Å². The lowest BCUT2D eigenvalue weighted by molar-refractivity contribution is 0.364. The first-order valence-electron chi connectivity index (χ1n) is 8.83. The molecule has 0 atom stereocenters. The highest BCUT2D eigenvalue weighted by atomic mass is 32.5. The zero-order valence-corrected chi connectivity index (χ0v) is 16.5. The molecule has 0 saturated heterocycles. The Bertz CT molecular complexity index is 1240. The van der Waals surface area contributed by atoms with E-state index in [1.165, 1.54) is 7.11 Å². The number of hydrogen-bond donors (Lipinski definition) is 0. The zero-order valence-electron chi connectivity index (χ0n) is 15.7. The molecule has 8 heteroatoms. The molecule has 0 radical (unpaired) electrons. The lowest BCUT2D eigenvalue weighted by Crippen LogP contribution is -2.06. The number of fused-ring (bicyclic) bond motifs is 1. The van der Waals surface area contributed by atoms with Gasteiger partial charge in [-0.2, -0.15) is 0 Å². The van der Waals surface area contributed by atoms with Crippen LogP contribution in [-0.2, 0) is 0 Å². The van der Waals surface area contributed by atoms with Crippen LogP contribution in [0.5, 0.6) is 5.75 Å². The molecule has 0 amide bonds. The minimum absolute atomic E-state index is 0.00871. The molecule has 0 fully saturated rings. The standard InChI is InChI=1S/C22H16F5NOS/c1-29-17-9-7-15(8-10-17)19-14-22(16-5-3-2-4-6-16)28-21-12-11-18(13-20(19)21)30(23,24,25,26)27/h2-14H,1H3. The van der Waals surface area contributed by atoms with Crippen LogP contribution in [0.25, 0.3) is 33.3 Å². The van der Waals surface area contributed by atoms with Crippen molar-refractivity contribution in [1.82, 2.24) is 4.98 Å². The molecule has 0 bridgehead atoms. The normalized spacial score (nSPS) is 14.2. The predicted octanol–water partition coefficient (Wildman–Crippen LogP) is 8.23. The highest BCUT2D eigenvalue weighted by Crippen LogP contribution is 3.02. The number of halogens is 5. The second-order valence-electron chi connectivity index (χ2n) is 6.80.